The van der Waals surface area contributed by atoms with Crippen molar-refractivity contribution in [1.82, 2.24) is 10.6 Å². The second kappa shape index (κ2) is 17.4. The van der Waals surface area contributed by atoms with Crippen LogP contribution in [0.15, 0.2) is 0 Å². The molecule has 0 aromatic rings. The fourth-order valence-corrected chi connectivity index (χ4v) is 5.83. The van der Waals surface area contributed by atoms with E-state index in [9.17, 15) is 29.4 Å². The lowest BCUT2D eigenvalue weighted by atomic mass is 9.78. The number of carboxylic acid groups (broad SMARTS) is 2. The van der Waals surface area contributed by atoms with Gasteiger partial charge in [0.2, 0.25) is 11.8 Å². The van der Waals surface area contributed by atoms with E-state index in [1.165, 1.54) is 25.7 Å². The smallest absolute Gasteiger partial charge is 0.307 e. The first-order chi connectivity index (χ1) is 17.4. The number of amides is 2. The molecule has 2 aliphatic rings. The van der Waals surface area contributed by atoms with Crippen LogP contribution in [0.1, 0.15) is 116 Å². The van der Waals surface area contributed by atoms with Crippen molar-refractivity contribution < 1.29 is 29.4 Å². The van der Waals surface area contributed by atoms with E-state index in [-0.39, 0.29) is 23.7 Å². The van der Waals surface area contributed by atoms with Crippen LogP contribution in [-0.4, -0.2) is 47.1 Å². The number of hydrogen-bond acceptors (Lipinski definition) is 4. The molecule has 0 aromatic carbocycles. The van der Waals surface area contributed by atoms with Crippen molar-refractivity contribution in [2.75, 3.05) is 13.1 Å². The summed E-state index contributed by atoms with van der Waals surface area (Å²) in [5.74, 6) is -3.63. The Hall–Kier alpha value is -2.12. The van der Waals surface area contributed by atoms with E-state index < -0.39 is 23.8 Å². The van der Waals surface area contributed by atoms with Gasteiger partial charge >= 0.3 is 11.9 Å². The fourth-order valence-electron chi connectivity index (χ4n) is 5.83. The predicted octanol–water partition coefficient (Wildman–Crippen LogP) is 4.90. The lowest BCUT2D eigenvalue weighted by Gasteiger charge is -2.27. The van der Waals surface area contributed by atoms with Crippen LogP contribution in [0, 0.1) is 23.7 Å². The van der Waals surface area contributed by atoms with E-state index in [1.54, 1.807) is 0 Å². The summed E-state index contributed by atoms with van der Waals surface area (Å²) < 4.78 is 0. The quantitative estimate of drug-likeness (QED) is 0.207. The molecule has 2 rings (SSSR count). The molecule has 8 heteroatoms. The highest BCUT2D eigenvalue weighted by Crippen LogP contribution is 2.31. The Balaban J connectivity index is 1.38. The Morgan fingerprint density at radius 3 is 1.06 bits per heavy atom. The standard InChI is InChI=1S/C28H48N2O6/c31-25(21-15-9-11-17-23(21)27(33)34)29-19-13-7-5-3-1-2-4-6-8-14-20-30-26(32)22-16-10-12-18-24(22)28(35)36/h21-24H,1-20H2,(H,29,31)(H,30,32)(H,33,34)(H,35,36)/t21-,22+,23-,24-/m1/s1. The van der Waals surface area contributed by atoms with Crippen molar-refractivity contribution in [3.8, 4) is 0 Å². The van der Waals surface area contributed by atoms with Crippen LogP contribution in [0.25, 0.3) is 0 Å². The summed E-state index contributed by atoms with van der Waals surface area (Å²) in [6.45, 7) is 1.27. The summed E-state index contributed by atoms with van der Waals surface area (Å²) in [6.07, 6.45) is 17.4. The third kappa shape index (κ3) is 10.9. The summed E-state index contributed by atoms with van der Waals surface area (Å²) in [5, 5.41) is 24.5. The molecule has 4 atom stereocenters. The van der Waals surface area contributed by atoms with Crippen LogP contribution in [0.4, 0.5) is 0 Å². The number of aliphatic carboxylic acids is 2. The number of carboxylic acids is 2. The van der Waals surface area contributed by atoms with Gasteiger partial charge in [-0.25, -0.2) is 0 Å². The molecule has 0 unspecified atom stereocenters. The average molecular weight is 509 g/mol. The van der Waals surface area contributed by atoms with Gasteiger partial charge in [0.05, 0.1) is 23.7 Å². The molecule has 2 aliphatic carbocycles. The zero-order chi connectivity index (χ0) is 26.2. The van der Waals surface area contributed by atoms with Crippen LogP contribution in [0.5, 0.6) is 0 Å². The van der Waals surface area contributed by atoms with Crippen LogP contribution in [0.2, 0.25) is 0 Å². The van der Waals surface area contributed by atoms with E-state index >= 15 is 0 Å². The first kappa shape index (κ1) is 30.1. The van der Waals surface area contributed by atoms with Gasteiger partial charge in [-0.1, -0.05) is 77.0 Å². The van der Waals surface area contributed by atoms with Crippen molar-refractivity contribution in [2.45, 2.75) is 116 Å². The monoisotopic (exact) mass is 508 g/mol. The largest absolute Gasteiger partial charge is 0.481 e. The third-order valence-corrected chi connectivity index (χ3v) is 8.04. The van der Waals surface area contributed by atoms with Crippen molar-refractivity contribution in [3.63, 3.8) is 0 Å². The lowest BCUT2D eigenvalue weighted by Crippen LogP contribution is -2.40. The Morgan fingerprint density at radius 2 is 0.750 bits per heavy atom. The zero-order valence-corrected chi connectivity index (χ0v) is 22.0. The SMILES string of the molecule is O=C(NCCCCCCCCCCCCNC(=O)[C@@H]1CCCC[C@H]1C(=O)O)[C@H]1CCCC[C@H]1C(=O)O. The second-order valence-corrected chi connectivity index (χ2v) is 10.8. The predicted molar refractivity (Wildman–Crippen MR) is 138 cm³/mol. The molecule has 2 fully saturated rings. The topological polar surface area (TPSA) is 133 Å². The van der Waals surface area contributed by atoms with Gasteiger partial charge in [0.25, 0.3) is 0 Å². The Morgan fingerprint density at radius 1 is 0.472 bits per heavy atom. The van der Waals surface area contributed by atoms with Gasteiger partial charge in [-0.3, -0.25) is 19.2 Å². The van der Waals surface area contributed by atoms with Crippen molar-refractivity contribution >= 4 is 23.8 Å². The summed E-state index contributed by atoms with van der Waals surface area (Å²) in [4.78, 5) is 47.4. The highest BCUT2D eigenvalue weighted by molar-refractivity contribution is 5.85. The minimum atomic E-state index is -0.841. The lowest BCUT2D eigenvalue weighted by molar-refractivity contribution is -0.149. The van der Waals surface area contributed by atoms with E-state index in [0.29, 0.717) is 38.8 Å². The molecule has 0 aromatic heterocycles. The second-order valence-electron chi connectivity index (χ2n) is 10.8. The molecule has 2 saturated carbocycles. The van der Waals surface area contributed by atoms with E-state index in [0.717, 1.165) is 64.2 Å². The van der Waals surface area contributed by atoms with Crippen LogP contribution < -0.4 is 10.6 Å². The van der Waals surface area contributed by atoms with Crippen LogP contribution >= 0.6 is 0 Å². The molecule has 0 bridgehead atoms. The molecule has 0 heterocycles. The van der Waals surface area contributed by atoms with Crippen molar-refractivity contribution in [1.29, 1.82) is 0 Å². The molecule has 0 spiro atoms. The van der Waals surface area contributed by atoms with Gasteiger partial charge in [-0.2, -0.15) is 0 Å². The molecular formula is C28H48N2O6. The molecule has 0 saturated heterocycles. The first-order valence-electron chi connectivity index (χ1n) is 14.4. The van der Waals surface area contributed by atoms with E-state index in [1.807, 2.05) is 0 Å². The minimum absolute atomic E-state index is 0.0832. The van der Waals surface area contributed by atoms with E-state index in [4.69, 9.17) is 0 Å². The first-order valence-corrected chi connectivity index (χ1v) is 14.4. The molecule has 0 aliphatic heterocycles. The molecule has 206 valence electrons. The number of unbranched alkanes of at least 4 members (excludes halogenated alkanes) is 9. The van der Waals surface area contributed by atoms with Gasteiger partial charge in [-0.05, 0) is 38.5 Å². The molecular weight excluding hydrogens is 460 g/mol. The molecule has 8 nitrogen and oxygen atoms in total. The van der Waals surface area contributed by atoms with Gasteiger partial charge < -0.3 is 20.8 Å². The molecule has 2 amide bonds. The summed E-state index contributed by atoms with van der Waals surface area (Å²) in [6, 6.07) is 0. The van der Waals surface area contributed by atoms with Gasteiger partial charge in [0.15, 0.2) is 0 Å². The Labute approximate surface area is 216 Å². The molecule has 4 N–H and O–H groups in total. The van der Waals surface area contributed by atoms with Crippen molar-refractivity contribution in [2.24, 2.45) is 23.7 Å². The number of carbonyl (C=O) groups is 4. The molecule has 36 heavy (non-hydrogen) atoms. The number of nitrogens with one attached hydrogen (secondary N) is 2. The Bertz CT molecular complexity index is 640. The average Bonchev–Trinajstić information content (AvgIpc) is 2.88. The number of hydrogen-bond donors (Lipinski definition) is 4. The normalized spacial score (nSPS) is 24.1. The van der Waals surface area contributed by atoms with Crippen LogP contribution in [-0.2, 0) is 19.2 Å². The zero-order valence-electron chi connectivity index (χ0n) is 22.0. The fraction of sp³-hybridized carbons (Fsp3) is 0.857. The van der Waals surface area contributed by atoms with Gasteiger partial charge in [0.1, 0.15) is 0 Å². The minimum Gasteiger partial charge on any atom is -0.481 e. The number of rotatable bonds is 17. The van der Waals surface area contributed by atoms with Gasteiger partial charge in [0, 0.05) is 13.1 Å². The maximum absolute atomic E-state index is 12.3. The van der Waals surface area contributed by atoms with Crippen molar-refractivity contribution in [3.05, 3.63) is 0 Å². The summed E-state index contributed by atoms with van der Waals surface area (Å²) in [5.41, 5.74) is 0. The number of carbonyl (C=O) groups excluding carboxylic acids is 2. The molecule has 0 radical (unpaired) electrons. The van der Waals surface area contributed by atoms with Crippen LogP contribution in [0.3, 0.4) is 0 Å². The Kier molecular flexibility index (Phi) is 14.5. The maximum Gasteiger partial charge on any atom is 0.307 e. The van der Waals surface area contributed by atoms with E-state index in [2.05, 4.69) is 10.6 Å². The summed E-state index contributed by atoms with van der Waals surface area (Å²) >= 11 is 0. The highest BCUT2D eigenvalue weighted by Gasteiger charge is 2.36. The van der Waals surface area contributed by atoms with Gasteiger partial charge in [-0.15, -0.1) is 0 Å². The maximum atomic E-state index is 12.3. The third-order valence-electron chi connectivity index (χ3n) is 8.04. The summed E-state index contributed by atoms with van der Waals surface area (Å²) in [7, 11) is 0. The highest BCUT2D eigenvalue weighted by atomic mass is 16.4.